The fraction of sp³-hybridized carbons (Fsp3) is 0.625. The third-order valence-electron chi connectivity index (χ3n) is 4.01. The van der Waals surface area contributed by atoms with Crippen LogP contribution in [0.4, 0.5) is 8.78 Å². The molecule has 3 heteroatoms. The van der Waals surface area contributed by atoms with Gasteiger partial charge in [-0.1, -0.05) is 44.6 Å². The largest absolute Gasteiger partial charge is 0.204 e. The summed E-state index contributed by atoms with van der Waals surface area (Å²) in [6, 6.07) is 4.07. The van der Waals surface area contributed by atoms with Crippen LogP contribution in [-0.2, 0) is 6.42 Å². The topological polar surface area (TPSA) is 0 Å². The molecule has 0 nitrogen and oxygen atoms in total. The van der Waals surface area contributed by atoms with Crippen molar-refractivity contribution in [3.63, 3.8) is 0 Å². The molecule has 106 valence electrons. The van der Waals surface area contributed by atoms with Crippen molar-refractivity contribution in [3.05, 3.63) is 35.4 Å². The highest BCUT2D eigenvalue weighted by Gasteiger charge is 2.17. The summed E-state index contributed by atoms with van der Waals surface area (Å²) in [5.74, 6) is -0.871. The second kappa shape index (κ2) is 7.23. The molecule has 0 aromatic heterocycles. The summed E-state index contributed by atoms with van der Waals surface area (Å²) in [5, 5.41) is 0.0213. The predicted octanol–water partition coefficient (Wildman–Crippen LogP) is 5.48. The minimum absolute atomic E-state index is 0.0213. The Hall–Kier alpha value is -0.630. The van der Waals surface area contributed by atoms with E-state index in [-0.39, 0.29) is 5.38 Å². The molecule has 0 amide bonds. The van der Waals surface area contributed by atoms with Gasteiger partial charge in [0.2, 0.25) is 0 Å². The zero-order valence-corrected chi connectivity index (χ0v) is 11.9. The van der Waals surface area contributed by atoms with Gasteiger partial charge in [0.1, 0.15) is 0 Å². The van der Waals surface area contributed by atoms with Crippen LogP contribution in [0.15, 0.2) is 18.2 Å². The first-order chi connectivity index (χ1) is 9.15. The molecule has 1 atom stereocenters. The third kappa shape index (κ3) is 4.76. The number of halogens is 3. The molecule has 19 heavy (non-hydrogen) atoms. The Morgan fingerprint density at radius 2 is 1.74 bits per heavy atom. The Labute approximate surface area is 119 Å². The second-order valence-corrected chi connectivity index (χ2v) is 6.26. The summed E-state index contributed by atoms with van der Waals surface area (Å²) < 4.78 is 26.0. The van der Waals surface area contributed by atoms with Gasteiger partial charge in [-0.25, -0.2) is 8.78 Å². The molecule has 1 aliphatic carbocycles. The van der Waals surface area contributed by atoms with Crippen LogP contribution in [0, 0.1) is 17.6 Å². The van der Waals surface area contributed by atoms with E-state index in [4.69, 9.17) is 11.6 Å². The maximum absolute atomic E-state index is 13.1. The Kier molecular flexibility index (Phi) is 5.62. The zero-order chi connectivity index (χ0) is 13.7. The molecule has 2 rings (SSSR count). The fourth-order valence-corrected chi connectivity index (χ4v) is 3.40. The fourth-order valence-electron chi connectivity index (χ4n) is 2.97. The van der Waals surface area contributed by atoms with Crippen molar-refractivity contribution in [1.82, 2.24) is 0 Å². The van der Waals surface area contributed by atoms with Crippen molar-refractivity contribution in [3.8, 4) is 0 Å². The van der Waals surface area contributed by atoms with Crippen LogP contribution in [0.3, 0.4) is 0 Å². The van der Waals surface area contributed by atoms with Gasteiger partial charge in [-0.15, -0.1) is 11.6 Å². The maximum Gasteiger partial charge on any atom is 0.159 e. The lowest BCUT2D eigenvalue weighted by Crippen LogP contribution is -2.11. The van der Waals surface area contributed by atoms with E-state index in [1.54, 1.807) is 6.07 Å². The summed E-state index contributed by atoms with van der Waals surface area (Å²) >= 11 is 6.38. The Bertz CT molecular complexity index is 398. The van der Waals surface area contributed by atoms with Crippen molar-refractivity contribution < 1.29 is 8.78 Å². The highest BCUT2D eigenvalue weighted by Crippen LogP contribution is 2.29. The van der Waals surface area contributed by atoms with Crippen LogP contribution in [-0.4, -0.2) is 5.38 Å². The first-order valence-corrected chi connectivity index (χ1v) is 7.67. The van der Waals surface area contributed by atoms with Crippen molar-refractivity contribution in [2.75, 3.05) is 0 Å². The van der Waals surface area contributed by atoms with E-state index in [9.17, 15) is 8.78 Å². The first-order valence-electron chi connectivity index (χ1n) is 7.23. The number of alkyl halides is 1. The van der Waals surface area contributed by atoms with Crippen molar-refractivity contribution in [1.29, 1.82) is 0 Å². The van der Waals surface area contributed by atoms with Gasteiger partial charge in [-0.2, -0.15) is 0 Å². The highest BCUT2D eigenvalue weighted by atomic mass is 35.5. The molecule has 0 aliphatic heterocycles. The molecule has 0 spiro atoms. The quantitative estimate of drug-likeness (QED) is 0.508. The highest BCUT2D eigenvalue weighted by molar-refractivity contribution is 6.20. The van der Waals surface area contributed by atoms with E-state index in [0.717, 1.165) is 12.0 Å². The van der Waals surface area contributed by atoms with Gasteiger partial charge in [0, 0.05) is 5.38 Å². The van der Waals surface area contributed by atoms with Crippen LogP contribution in [0.5, 0.6) is 0 Å². The van der Waals surface area contributed by atoms with E-state index in [1.165, 1.54) is 50.7 Å². The zero-order valence-electron chi connectivity index (χ0n) is 11.2. The van der Waals surface area contributed by atoms with Crippen LogP contribution >= 0.6 is 11.6 Å². The molecule has 0 radical (unpaired) electrons. The van der Waals surface area contributed by atoms with E-state index >= 15 is 0 Å². The molecule has 0 heterocycles. The molecule has 0 N–H and O–H groups in total. The third-order valence-corrected chi connectivity index (χ3v) is 4.34. The summed E-state index contributed by atoms with van der Waals surface area (Å²) in [7, 11) is 0. The summed E-state index contributed by atoms with van der Waals surface area (Å²) in [4.78, 5) is 0. The molecule has 1 aromatic carbocycles. The van der Waals surface area contributed by atoms with E-state index < -0.39 is 11.6 Å². The number of hydrogen-bond acceptors (Lipinski definition) is 0. The molecule has 0 saturated heterocycles. The molecule has 1 aromatic rings. The van der Waals surface area contributed by atoms with Crippen molar-refractivity contribution in [2.45, 2.75) is 56.7 Å². The van der Waals surface area contributed by atoms with E-state index in [1.807, 2.05) is 0 Å². The Balaban J connectivity index is 1.85. The van der Waals surface area contributed by atoms with Gasteiger partial charge in [-0.05, 0) is 36.5 Å². The average Bonchev–Trinajstić information content (AvgIpc) is 2.62. The lowest BCUT2D eigenvalue weighted by molar-refractivity contribution is 0.418. The minimum atomic E-state index is -0.793. The summed E-state index contributed by atoms with van der Waals surface area (Å²) in [6.07, 6.45) is 9.43. The van der Waals surface area contributed by atoms with Gasteiger partial charge >= 0.3 is 0 Å². The van der Waals surface area contributed by atoms with Crippen LogP contribution in [0.25, 0.3) is 0 Å². The van der Waals surface area contributed by atoms with Gasteiger partial charge < -0.3 is 0 Å². The lowest BCUT2D eigenvalue weighted by Gasteiger charge is -2.18. The lowest BCUT2D eigenvalue weighted by atomic mass is 9.93. The van der Waals surface area contributed by atoms with Crippen molar-refractivity contribution in [2.24, 2.45) is 5.92 Å². The molecule has 1 aliphatic rings. The molecule has 0 bridgehead atoms. The molecule has 1 fully saturated rings. The predicted molar refractivity (Wildman–Crippen MR) is 75.5 cm³/mol. The normalized spacial score (nSPS) is 19.1. The van der Waals surface area contributed by atoms with E-state index in [2.05, 4.69) is 0 Å². The molecular formula is C16H21ClF2. The number of hydrogen-bond donors (Lipinski definition) is 0. The average molecular weight is 287 g/mol. The second-order valence-electron chi connectivity index (χ2n) is 5.64. The van der Waals surface area contributed by atoms with Gasteiger partial charge in [-0.3, -0.25) is 0 Å². The minimum Gasteiger partial charge on any atom is -0.204 e. The number of rotatable bonds is 4. The smallest absolute Gasteiger partial charge is 0.159 e. The maximum atomic E-state index is 13.1. The molecule has 1 saturated carbocycles. The summed E-state index contributed by atoms with van der Waals surface area (Å²) in [5.41, 5.74) is 0.785. The van der Waals surface area contributed by atoms with Gasteiger partial charge in [0.25, 0.3) is 0 Å². The van der Waals surface area contributed by atoms with Crippen LogP contribution < -0.4 is 0 Å². The first kappa shape index (κ1) is 14.8. The summed E-state index contributed by atoms with van der Waals surface area (Å²) in [6.45, 7) is 0. The van der Waals surface area contributed by atoms with Gasteiger partial charge in [0.05, 0.1) is 0 Å². The number of benzene rings is 1. The van der Waals surface area contributed by atoms with Crippen LogP contribution in [0.1, 0.15) is 50.5 Å². The molecular weight excluding hydrogens is 266 g/mol. The molecule has 1 unspecified atom stereocenters. The van der Waals surface area contributed by atoms with Crippen LogP contribution in [0.2, 0.25) is 0 Å². The standard InChI is InChI=1S/C16H21ClF2/c17-14(9-12-5-3-1-2-4-6-12)10-13-7-8-15(18)16(19)11-13/h7-8,11-12,14H,1-6,9-10H2. The van der Waals surface area contributed by atoms with E-state index in [0.29, 0.717) is 12.3 Å². The Morgan fingerprint density at radius 1 is 1.05 bits per heavy atom. The van der Waals surface area contributed by atoms with Crippen molar-refractivity contribution >= 4 is 11.6 Å². The Morgan fingerprint density at radius 3 is 2.37 bits per heavy atom. The van der Waals surface area contributed by atoms with Gasteiger partial charge in [0.15, 0.2) is 11.6 Å². The monoisotopic (exact) mass is 286 g/mol. The SMILES string of the molecule is Fc1ccc(CC(Cl)CC2CCCCCC2)cc1F.